The Hall–Kier alpha value is -3.85. The minimum absolute atomic E-state index is 0.0394. The Bertz CT molecular complexity index is 1640. The predicted molar refractivity (Wildman–Crippen MR) is 176 cm³/mol. The van der Waals surface area contributed by atoms with Crippen molar-refractivity contribution in [3.05, 3.63) is 130 Å². The summed E-state index contributed by atoms with van der Waals surface area (Å²) >= 11 is 12.3. The van der Waals surface area contributed by atoms with Gasteiger partial charge in [0.15, 0.2) is 0 Å². The third kappa shape index (κ3) is 8.85. The zero-order valence-electron chi connectivity index (χ0n) is 24.4. The summed E-state index contributed by atoms with van der Waals surface area (Å²) in [4.78, 5) is 29.6. The summed E-state index contributed by atoms with van der Waals surface area (Å²) in [6.45, 7) is 2.03. The lowest BCUT2D eigenvalue weighted by atomic mass is 10.0. The smallest absolute Gasteiger partial charge is 0.264 e. The monoisotopic (exact) mass is 651 g/mol. The van der Waals surface area contributed by atoms with Gasteiger partial charge in [-0.1, -0.05) is 103 Å². The summed E-state index contributed by atoms with van der Waals surface area (Å²) in [5.41, 5.74) is 1.89. The van der Waals surface area contributed by atoms with E-state index in [1.54, 1.807) is 18.2 Å². The Morgan fingerprint density at radius 2 is 1.43 bits per heavy atom. The lowest BCUT2D eigenvalue weighted by Gasteiger charge is -2.34. The zero-order chi connectivity index (χ0) is 31.5. The molecule has 0 fully saturated rings. The van der Waals surface area contributed by atoms with Crippen LogP contribution in [-0.4, -0.2) is 44.3 Å². The lowest BCUT2D eigenvalue weighted by Crippen LogP contribution is -2.53. The van der Waals surface area contributed by atoms with Gasteiger partial charge in [0.25, 0.3) is 10.0 Å². The number of rotatable bonds is 14. The standard InChI is InChI=1S/C34H35Cl2N3O4S/c1-2-3-21-37-34(41)32(22-26-11-6-4-7-12-26)38(24-27-13-8-5-9-14-27)33(40)25-39(30-16-10-15-29(36)23-30)44(42,43)31-19-17-28(35)18-20-31/h4-20,23,32H,2-3,21-22,24-25H2,1H3,(H,37,41)/t32-/m1/s1. The molecular formula is C34H35Cl2N3O4S. The summed E-state index contributed by atoms with van der Waals surface area (Å²) in [6, 6.07) is 29.9. The van der Waals surface area contributed by atoms with Crippen LogP contribution >= 0.6 is 23.2 Å². The van der Waals surface area contributed by atoms with E-state index < -0.39 is 28.5 Å². The van der Waals surface area contributed by atoms with Crippen molar-refractivity contribution in [2.24, 2.45) is 0 Å². The van der Waals surface area contributed by atoms with Crippen molar-refractivity contribution in [2.45, 2.75) is 43.7 Å². The lowest BCUT2D eigenvalue weighted by molar-refractivity contribution is -0.140. The van der Waals surface area contributed by atoms with Gasteiger partial charge >= 0.3 is 0 Å². The van der Waals surface area contributed by atoms with Crippen molar-refractivity contribution >= 4 is 50.7 Å². The molecular weight excluding hydrogens is 617 g/mol. The Morgan fingerprint density at radius 1 is 0.795 bits per heavy atom. The van der Waals surface area contributed by atoms with E-state index in [0.717, 1.165) is 28.3 Å². The molecule has 44 heavy (non-hydrogen) atoms. The summed E-state index contributed by atoms with van der Waals surface area (Å²) in [6.07, 6.45) is 1.93. The van der Waals surface area contributed by atoms with Crippen LogP contribution in [0.5, 0.6) is 0 Å². The third-order valence-electron chi connectivity index (χ3n) is 7.07. The van der Waals surface area contributed by atoms with Crippen LogP contribution in [-0.2, 0) is 32.6 Å². The number of carbonyl (C=O) groups excluding carboxylic acids is 2. The molecule has 0 unspecified atom stereocenters. The minimum atomic E-state index is -4.24. The van der Waals surface area contributed by atoms with Crippen molar-refractivity contribution < 1.29 is 18.0 Å². The molecule has 0 heterocycles. The molecule has 0 spiro atoms. The van der Waals surface area contributed by atoms with Gasteiger partial charge in [-0.25, -0.2) is 8.42 Å². The number of hydrogen-bond donors (Lipinski definition) is 1. The Labute approximate surface area is 269 Å². The number of carbonyl (C=O) groups is 2. The molecule has 7 nitrogen and oxygen atoms in total. The van der Waals surface area contributed by atoms with Gasteiger partial charge in [-0.2, -0.15) is 0 Å². The molecule has 10 heteroatoms. The Kier molecular flexibility index (Phi) is 11.8. The van der Waals surface area contributed by atoms with Gasteiger partial charge in [-0.3, -0.25) is 13.9 Å². The molecule has 0 saturated heterocycles. The number of amides is 2. The van der Waals surface area contributed by atoms with E-state index in [1.807, 2.05) is 67.6 Å². The maximum absolute atomic E-state index is 14.4. The van der Waals surface area contributed by atoms with Crippen LogP contribution in [0.15, 0.2) is 114 Å². The number of benzene rings is 4. The molecule has 0 radical (unpaired) electrons. The average Bonchev–Trinajstić information content (AvgIpc) is 3.02. The van der Waals surface area contributed by atoms with Crippen LogP contribution in [0, 0.1) is 0 Å². The molecule has 230 valence electrons. The average molecular weight is 653 g/mol. The fourth-order valence-corrected chi connectivity index (χ4v) is 6.45. The Balaban J connectivity index is 1.77. The summed E-state index contributed by atoms with van der Waals surface area (Å²) < 4.78 is 29.1. The minimum Gasteiger partial charge on any atom is -0.354 e. The van der Waals surface area contributed by atoms with Crippen LogP contribution in [0.2, 0.25) is 10.0 Å². The highest BCUT2D eigenvalue weighted by molar-refractivity contribution is 7.92. The highest BCUT2D eigenvalue weighted by Crippen LogP contribution is 2.28. The van der Waals surface area contributed by atoms with Crippen LogP contribution in [0.4, 0.5) is 5.69 Å². The van der Waals surface area contributed by atoms with Crippen molar-refractivity contribution in [1.82, 2.24) is 10.2 Å². The van der Waals surface area contributed by atoms with E-state index >= 15 is 0 Å². The topological polar surface area (TPSA) is 86.8 Å². The molecule has 0 aliphatic heterocycles. The highest BCUT2D eigenvalue weighted by Gasteiger charge is 2.34. The molecule has 0 aromatic heterocycles. The number of sulfonamides is 1. The number of nitrogens with zero attached hydrogens (tertiary/aromatic N) is 2. The summed E-state index contributed by atoms with van der Waals surface area (Å²) in [7, 11) is -4.24. The first-order valence-corrected chi connectivity index (χ1v) is 16.6. The molecule has 0 saturated carbocycles. The second-order valence-electron chi connectivity index (χ2n) is 10.3. The van der Waals surface area contributed by atoms with Gasteiger partial charge in [-0.15, -0.1) is 0 Å². The maximum Gasteiger partial charge on any atom is 0.264 e. The summed E-state index contributed by atoms with van der Waals surface area (Å²) in [5.74, 6) is -0.848. The van der Waals surface area contributed by atoms with Crippen molar-refractivity contribution in [2.75, 3.05) is 17.4 Å². The normalized spacial score (nSPS) is 11.9. The predicted octanol–water partition coefficient (Wildman–Crippen LogP) is 6.75. The molecule has 4 aromatic rings. The second-order valence-corrected chi connectivity index (χ2v) is 13.0. The SMILES string of the molecule is CCCCNC(=O)[C@@H](Cc1ccccc1)N(Cc1ccccc1)C(=O)CN(c1cccc(Cl)c1)S(=O)(=O)c1ccc(Cl)cc1. The molecule has 4 rings (SSSR count). The quantitative estimate of drug-likeness (QED) is 0.153. The maximum atomic E-state index is 14.4. The second kappa shape index (κ2) is 15.7. The number of hydrogen-bond acceptors (Lipinski definition) is 4. The first-order chi connectivity index (χ1) is 21.2. The fraction of sp³-hybridized carbons (Fsp3) is 0.235. The molecule has 1 atom stereocenters. The van der Waals surface area contributed by atoms with E-state index in [2.05, 4.69) is 5.32 Å². The molecule has 0 bridgehead atoms. The van der Waals surface area contributed by atoms with Gasteiger partial charge in [0.05, 0.1) is 10.6 Å². The van der Waals surface area contributed by atoms with E-state index in [-0.39, 0.29) is 29.5 Å². The van der Waals surface area contributed by atoms with E-state index in [4.69, 9.17) is 23.2 Å². The number of halogens is 2. The van der Waals surface area contributed by atoms with Crippen LogP contribution < -0.4 is 9.62 Å². The summed E-state index contributed by atoms with van der Waals surface area (Å²) in [5, 5.41) is 3.67. The molecule has 0 aliphatic carbocycles. The van der Waals surface area contributed by atoms with Crippen LogP contribution in [0.3, 0.4) is 0 Å². The highest BCUT2D eigenvalue weighted by atomic mass is 35.5. The molecule has 2 amide bonds. The number of unbranched alkanes of at least 4 members (excludes halogenated alkanes) is 1. The van der Waals surface area contributed by atoms with Crippen LogP contribution in [0.1, 0.15) is 30.9 Å². The first kappa shape index (κ1) is 33.1. The van der Waals surface area contributed by atoms with Crippen molar-refractivity contribution in [3.8, 4) is 0 Å². The van der Waals surface area contributed by atoms with Crippen molar-refractivity contribution in [1.29, 1.82) is 0 Å². The van der Waals surface area contributed by atoms with Gasteiger partial charge in [0.1, 0.15) is 12.6 Å². The van der Waals surface area contributed by atoms with Gasteiger partial charge in [0, 0.05) is 29.6 Å². The number of anilines is 1. The molecule has 1 N–H and O–H groups in total. The third-order valence-corrected chi connectivity index (χ3v) is 9.35. The van der Waals surface area contributed by atoms with E-state index in [0.29, 0.717) is 16.6 Å². The first-order valence-electron chi connectivity index (χ1n) is 14.4. The molecule has 4 aromatic carbocycles. The Morgan fingerprint density at radius 3 is 2.05 bits per heavy atom. The van der Waals surface area contributed by atoms with Gasteiger partial charge in [-0.05, 0) is 60.0 Å². The molecule has 0 aliphatic rings. The van der Waals surface area contributed by atoms with E-state index in [9.17, 15) is 18.0 Å². The fourth-order valence-electron chi connectivity index (χ4n) is 4.73. The van der Waals surface area contributed by atoms with Gasteiger partial charge < -0.3 is 10.2 Å². The van der Waals surface area contributed by atoms with Crippen LogP contribution in [0.25, 0.3) is 0 Å². The largest absolute Gasteiger partial charge is 0.354 e. The number of nitrogens with one attached hydrogen (secondary N) is 1. The van der Waals surface area contributed by atoms with Gasteiger partial charge in [0.2, 0.25) is 11.8 Å². The van der Waals surface area contributed by atoms with E-state index in [1.165, 1.54) is 35.2 Å². The van der Waals surface area contributed by atoms with Crippen molar-refractivity contribution in [3.63, 3.8) is 0 Å². The zero-order valence-corrected chi connectivity index (χ0v) is 26.7.